The molecule has 0 aliphatic heterocycles. The molecule has 0 saturated carbocycles. The van der Waals surface area contributed by atoms with Crippen molar-refractivity contribution in [3.8, 4) is 0 Å². The van der Waals surface area contributed by atoms with Gasteiger partial charge in [-0.05, 0) is 18.8 Å². The molecule has 0 aromatic heterocycles. The van der Waals surface area contributed by atoms with Gasteiger partial charge in [0.15, 0.2) is 0 Å². The molecule has 68 valence electrons. The van der Waals surface area contributed by atoms with E-state index in [1.54, 1.807) is 7.11 Å². The predicted octanol–water partition coefficient (Wildman–Crippen LogP) is 3.07. The van der Waals surface area contributed by atoms with Crippen LogP contribution in [0.2, 0.25) is 0 Å². The Labute approximate surface area is 75.1 Å². The molecular weight excluding hydrogens is 160 g/mol. The van der Waals surface area contributed by atoms with Crippen molar-refractivity contribution in [3.63, 3.8) is 0 Å². The first-order valence-corrected chi connectivity index (χ1v) is 4.93. The largest absolute Gasteiger partial charge is 0.385 e. The molecule has 0 aliphatic rings. The first-order chi connectivity index (χ1) is 5.35. The first-order valence-electron chi connectivity index (χ1n) is 4.40. The van der Waals surface area contributed by atoms with Crippen LogP contribution in [0.3, 0.4) is 0 Å². The van der Waals surface area contributed by atoms with E-state index in [0.717, 1.165) is 12.5 Å². The van der Waals surface area contributed by atoms with E-state index in [4.69, 9.17) is 16.3 Å². The lowest BCUT2D eigenvalue weighted by Gasteiger charge is -2.09. The Morgan fingerprint density at radius 2 is 2.09 bits per heavy atom. The molecule has 0 aliphatic carbocycles. The highest BCUT2D eigenvalue weighted by Gasteiger charge is 2.02. The number of unbranched alkanes of at least 4 members (excludes halogenated alkanes) is 1. The van der Waals surface area contributed by atoms with E-state index in [0.29, 0.717) is 5.92 Å². The normalized spacial score (nSPS) is 13.4. The van der Waals surface area contributed by atoms with Crippen LogP contribution in [0.1, 0.15) is 32.6 Å². The van der Waals surface area contributed by atoms with Gasteiger partial charge in [-0.3, -0.25) is 0 Å². The fourth-order valence-electron chi connectivity index (χ4n) is 1.07. The van der Waals surface area contributed by atoms with Crippen molar-refractivity contribution in [3.05, 3.63) is 0 Å². The van der Waals surface area contributed by atoms with Gasteiger partial charge in [-0.25, -0.2) is 0 Å². The van der Waals surface area contributed by atoms with Crippen LogP contribution in [0.25, 0.3) is 0 Å². The Kier molecular flexibility index (Phi) is 8.54. The number of alkyl halides is 1. The van der Waals surface area contributed by atoms with Crippen LogP contribution in [0, 0.1) is 5.92 Å². The standard InChI is InChI=1S/C9H19ClO/c1-3-9(8-10)6-4-5-7-11-2/h9H,3-8H2,1-2H3. The van der Waals surface area contributed by atoms with Crippen LogP contribution in [0.5, 0.6) is 0 Å². The lowest BCUT2D eigenvalue weighted by Crippen LogP contribution is -2.01. The molecule has 0 radical (unpaired) electrons. The summed E-state index contributed by atoms with van der Waals surface area (Å²) in [5, 5.41) is 0. The van der Waals surface area contributed by atoms with Gasteiger partial charge >= 0.3 is 0 Å². The Morgan fingerprint density at radius 1 is 1.36 bits per heavy atom. The van der Waals surface area contributed by atoms with Crippen LogP contribution in [0.15, 0.2) is 0 Å². The maximum atomic E-state index is 5.75. The van der Waals surface area contributed by atoms with Gasteiger partial charge in [0.25, 0.3) is 0 Å². The molecule has 1 nitrogen and oxygen atoms in total. The fourth-order valence-corrected chi connectivity index (χ4v) is 1.44. The third kappa shape index (κ3) is 6.64. The molecule has 2 heteroatoms. The molecule has 0 fully saturated rings. The third-order valence-corrected chi connectivity index (χ3v) is 2.44. The number of methoxy groups -OCH3 is 1. The Hall–Kier alpha value is 0.250. The highest BCUT2D eigenvalue weighted by molar-refractivity contribution is 6.18. The Morgan fingerprint density at radius 3 is 2.55 bits per heavy atom. The molecule has 1 atom stereocenters. The minimum atomic E-state index is 0.716. The number of hydrogen-bond acceptors (Lipinski definition) is 1. The van der Waals surface area contributed by atoms with Crippen molar-refractivity contribution in [1.82, 2.24) is 0 Å². The maximum absolute atomic E-state index is 5.75. The molecule has 0 saturated heterocycles. The van der Waals surface area contributed by atoms with Crippen molar-refractivity contribution in [2.45, 2.75) is 32.6 Å². The second-order valence-electron chi connectivity index (χ2n) is 2.92. The second kappa shape index (κ2) is 8.35. The fraction of sp³-hybridized carbons (Fsp3) is 1.00. The quantitative estimate of drug-likeness (QED) is 0.430. The van der Waals surface area contributed by atoms with Gasteiger partial charge in [0, 0.05) is 19.6 Å². The zero-order chi connectivity index (χ0) is 8.53. The summed E-state index contributed by atoms with van der Waals surface area (Å²) in [6.07, 6.45) is 4.88. The predicted molar refractivity (Wildman–Crippen MR) is 50.2 cm³/mol. The lowest BCUT2D eigenvalue weighted by atomic mass is 10.0. The number of halogens is 1. The minimum Gasteiger partial charge on any atom is -0.385 e. The van der Waals surface area contributed by atoms with Crippen molar-refractivity contribution in [2.24, 2.45) is 5.92 Å². The summed E-state index contributed by atoms with van der Waals surface area (Å²) >= 11 is 5.75. The van der Waals surface area contributed by atoms with Gasteiger partial charge in [-0.2, -0.15) is 0 Å². The smallest absolute Gasteiger partial charge is 0.0462 e. The summed E-state index contributed by atoms with van der Waals surface area (Å²) < 4.78 is 4.96. The number of hydrogen-bond donors (Lipinski definition) is 0. The van der Waals surface area contributed by atoms with Gasteiger partial charge < -0.3 is 4.74 Å². The van der Waals surface area contributed by atoms with Crippen molar-refractivity contribution in [2.75, 3.05) is 19.6 Å². The van der Waals surface area contributed by atoms with E-state index in [-0.39, 0.29) is 0 Å². The van der Waals surface area contributed by atoms with Crippen LogP contribution in [-0.4, -0.2) is 19.6 Å². The average Bonchev–Trinajstić information content (AvgIpc) is 2.05. The van der Waals surface area contributed by atoms with E-state index in [9.17, 15) is 0 Å². The first kappa shape index (κ1) is 11.2. The minimum absolute atomic E-state index is 0.716. The van der Waals surface area contributed by atoms with E-state index >= 15 is 0 Å². The Balaban J connectivity index is 3.07. The summed E-state index contributed by atoms with van der Waals surface area (Å²) in [4.78, 5) is 0. The van der Waals surface area contributed by atoms with Gasteiger partial charge in [0.1, 0.15) is 0 Å². The molecule has 0 bridgehead atoms. The summed E-state index contributed by atoms with van der Waals surface area (Å²) in [6.45, 7) is 3.09. The van der Waals surface area contributed by atoms with Crippen LogP contribution < -0.4 is 0 Å². The van der Waals surface area contributed by atoms with Crippen molar-refractivity contribution in [1.29, 1.82) is 0 Å². The number of rotatable bonds is 7. The lowest BCUT2D eigenvalue weighted by molar-refractivity contribution is 0.190. The topological polar surface area (TPSA) is 9.23 Å². The number of ether oxygens (including phenoxy) is 1. The van der Waals surface area contributed by atoms with E-state index in [2.05, 4.69) is 6.92 Å². The zero-order valence-electron chi connectivity index (χ0n) is 7.61. The summed E-state index contributed by atoms with van der Waals surface area (Å²) in [7, 11) is 1.75. The Bertz CT molecular complexity index is 72.0. The summed E-state index contributed by atoms with van der Waals surface area (Å²) in [6, 6.07) is 0. The van der Waals surface area contributed by atoms with E-state index < -0.39 is 0 Å². The molecule has 0 aromatic carbocycles. The van der Waals surface area contributed by atoms with Gasteiger partial charge in [-0.1, -0.05) is 19.8 Å². The van der Waals surface area contributed by atoms with Gasteiger partial charge in [0.2, 0.25) is 0 Å². The van der Waals surface area contributed by atoms with E-state index in [1.165, 1.54) is 25.7 Å². The van der Waals surface area contributed by atoms with Gasteiger partial charge in [-0.15, -0.1) is 11.6 Å². The van der Waals surface area contributed by atoms with Crippen LogP contribution in [0.4, 0.5) is 0 Å². The average molecular weight is 179 g/mol. The molecule has 0 spiro atoms. The molecule has 0 rings (SSSR count). The highest BCUT2D eigenvalue weighted by atomic mass is 35.5. The summed E-state index contributed by atoms with van der Waals surface area (Å²) in [5.41, 5.74) is 0. The molecule has 0 N–H and O–H groups in total. The maximum Gasteiger partial charge on any atom is 0.0462 e. The van der Waals surface area contributed by atoms with Crippen LogP contribution >= 0.6 is 11.6 Å². The van der Waals surface area contributed by atoms with Crippen molar-refractivity contribution >= 4 is 11.6 Å². The van der Waals surface area contributed by atoms with Crippen LogP contribution in [-0.2, 0) is 4.74 Å². The monoisotopic (exact) mass is 178 g/mol. The molecule has 0 heterocycles. The molecule has 0 amide bonds. The molecule has 0 aromatic rings. The third-order valence-electron chi connectivity index (χ3n) is 2.01. The van der Waals surface area contributed by atoms with Crippen molar-refractivity contribution < 1.29 is 4.74 Å². The second-order valence-corrected chi connectivity index (χ2v) is 3.23. The zero-order valence-corrected chi connectivity index (χ0v) is 8.36. The highest BCUT2D eigenvalue weighted by Crippen LogP contribution is 2.13. The summed E-state index contributed by atoms with van der Waals surface area (Å²) in [5.74, 6) is 1.53. The molecule has 11 heavy (non-hydrogen) atoms. The van der Waals surface area contributed by atoms with E-state index in [1.807, 2.05) is 0 Å². The molecule has 1 unspecified atom stereocenters. The SMILES string of the molecule is CCC(CCl)CCCCOC. The van der Waals surface area contributed by atoms with Gasteiger partial charge in [0.05, 0.1) is 0 Å². The molecular formula is C9H19ClO.